The number of amides is 1. The number of carbonyl (C=O) groups excluding carboxylic acids is 3. The van der Waals surface area contributed by atoms with Crippen LogP contribution in [0.5, 0.6) is 11.5 Å². The first-order valence-electron chi connectivity index (χ1n) is 11.2. The molecule has 5 unspecified atom stereocenters. The summed E-state index contributed by atoms with van der Waals surface area (Å²) in [6, 6.07) is -0.686. The molecular formula is C24H27ClN2O10. The van der Waals surface area contributed by atoms with Crippen molar-refractivity contribution >= 4 is 34.8 Å². The van der Waals surface area contributed by atoms with Gasteiger partial charge < -0.3 is 40.7 Å². The number of aromatic hydroxyl groups is 1. The molecule has 0 aliphatic heterocycles. The van der Waals surface area contributed by atoms with Gasteiger partial charge in [0, 0.05) is 30.2 Å². The Bertz CT molecular complexity index is 1330. The van der Waals surface area contributed by atoms with Crippen molar-refractivity contribution in [3.05, 3.63) is 39.1 Å². The highest BCUT2D eigenvalue weighted by molar-refractivity contribution is 6.33. The fraction of sp³-hybridized carbons (Fsp3) is 0.458. The second kappa shape index (κ2) is 8.17. The number of ketones is 2. The van der Waals surface area contributed by atoms with Gasteiger partial charge in [0.25, 0.3) is 5.91 Å². The van der Waals surface area contributed by atoms with Crippen LogP contribution in [0.25, 0.3) is 5.76 Å². The minimum Gasteiger partial charge on any atom is -0.508 e. The summed E-state index contributed by atoms with van der Waals surface area (Å²) in [6.45, 7) is 1.22. The smallest absolute Gasteiger partial charge is 0.258 e. The number of aliphatic hydroxyl groups excluding tert-OH is 2. The second-order valence-electron chi connectivity index (χ2n) is 9.83. The third kappa shape index (κ3) is 3.07. The molecule has 4 rings (SSSR count). The Hall–Kier alpha value is -3.16. The topological polar surface area (TPSA) is 197 Å². The number of phenols is 1. The number of rotatable bonds is 3. The van der Waals surface area contributed by atoms with Crippen LogP contribution in [0.2, 0.25) is 5.02 Å². The van der Waals surface area contributed by atoms with Gasteiger partial charge in [-0.2, -0.15) is 0 Å². The maximum atomic E-state index is 14.0. The molecule has 13 heteroatoms. The van der Waals surface area contributed by atoms with Crippen molar-refractivity contribution in [1.29, 1.82) is 0 Å². The molecular weight excluding hydrogens is 512 g/mol. The molecule has 7 N–H and O–H groups in total. The quantitative estimate of drug-likeness (QED) is 0.249. The molecule has 0 spiro atoms. The lowest BCUT2D eigenvalue weighted by Gasteiger charge is -2.57. The normalized spacial score (nSPS) is 33.2. The van der Waals surface area contributed by atoms with Crippen LogP contribution in [0.3, 0.4) is 0 Å². The van der Waals surface area contributed by atoms with Crippen molar-refractivity contribution < 1.29 is 49.8 Å². The van der Waals surface area contributed by atoms with Crippen molar-refractivity contribution in [1.82, 2.24) is 10.2 Å². The van der Waals surface area contributed by atoms with Crippen LogP contribution in [0.4, 0.5) is 0 Å². The molecule has 3 aliphatic carbocycles. The van der Waals surface area contributed by atoms with Crippen molar-refractivity contribution in [2.24, 2.45) is 5.92 Å². The third-order valence-electron chi connectivity index (χ3n) is 7.67. The Morgan fingerprint density at radius 3 is 2.30 bits per heavy atom. The first kappa shape index (κ1) is 26.9. The number of nitrogens with one attached hydrogen (secondary N) is 1. The van der Waals surface area contributed by atoms with Crippen molar-refractivity contribution in [2.45, 2.75) is 36.2 Å². The summed E-state index contributed by atoms with van der Waals surface area (Å²) in [7, 11) is 5.13. The highest BCUT2D eigenvalue weighted by atomic mass is 35.5. The molecule has 0 heterocycles. The fourth-order valence-electron chi connectivity index (χ4n) is 5.94. The van der Waals surface area contributed by atoms with Gasteiger partial charge in [-0.1, -0.05) is 11.6 Å². The first-order valence-corrected chi connectivity index (χ1v) is 11.5. The monoisotopic (exact) mass is 538 g/mol. The fourth-order valence-corrected chi connectivity index (χ4v) is 6.35. The number of ether oxygens (including phenoxy) is 1. The van der Waals surface area contributed by atoms with Gasteiger partial charge in [0.2, 0.25) is 11.4 Å². The maximum Gasteiger partial charge on any atom is 0.258 e. The van der Waals surface area contributed by atoms with Crippen LogP contribution >= 0.6 is 11.6 Å². The lowest BCUT2D eigenvalue weighted by Crippen LogP contribution is -2.77. The van der Waals surface area contributed by atoms with Crippen LogP contribution < -0.4 is 10.1 Å². The Labute approximate surface area is 216 Å². The van der Waals surface area contributed by atoms with Crippen LogP contribution in [0, 0.1) is 5.92 Å². The van der Waals surface area contributed by atoms with Crippen LogP contribution in [-0.2, 0) is 20.0 Å². The van der Waals surface area contributed by atoms with Gasteiger partial charge in [0.15, 0.2) is 11.5 Å². The van der Waals surface area contributed by atoms with E-state index in [9.17, 15) is 45.0 Å². The SMILES string of the molecule is CNC(=O)C1=C(O)C2(O)C(=O)C3=C(O)c4c(O)cc(OC)c(Cl)c4C(C)(O)C3CC2(O)C(N(C)C)C1=O. The molecule has 5 atom stereocenters. The van der Waals surface area contributed by atoms with Crippen molar-refractivity contribution in [3.63, 3.8) is 0 Å². The van der Waals surface area contributed by atoms with Crippen LogP contribution in [0.1, 0.15) is 24.5 Å². The number of benzene rings is 1. The van der Waals surface area contributed by atoms with Gasteiger partial charge >= 0.3 is 0 Å². The molecule has 3 aliphatic rings. The van der Waals surface area contributed by atoms with Gasteiger partial charge in [-0.15, -0.1) is 0 Å². The van der Waals surface area contributed by atoms with Gasteiger partial charge in [-0.3, -0.25) is 19.3 Å². The molecule has 1 fully saturated rings. The highest BCUT2D eigenvalue weighted by Crippen LogP contribution is 2.60. The molecule has 12 nitrogen and oxygen atoms in total. The summed E-state index contributed by atoms with van der Waals surface area (Å²) in [5.41, 5.74) is -10.5. The molecule has 0 bridgehead atoms. The maximum absolute atomic E-state index is 14.0. The third-order valence-corrected chi connectivity index (χ3v) is 8.04. The van der Waals surface area contributed by atoms with E-state index < -0.39 is 86.6 Å². The van der Waals surface area contributed by atoms with Gasteiger partial charge in [0.05, 0.1) is 23.3 Å². The molecule has 0 saturated heterocycles. The largest absolute Gasteiger partial charge is 0.508 e. The van der Waals surface area contributed by atoms with E-state index >= 15 is 0 Å². The number of nitrogens with zero attached hydrogens (tertiary/aromatic N) is 1. The van der Waals surface area contributed by atoms with E-state index in [1.165, 1.54) is 28.1 Å². The number of carbonyl (C=O) groups is 3. The second-order valence-corrected chi connectivity index (χ2v) is 10.2. The number of halogens is 1. The number of Topliss-reactive ketones (excluding diaryl/α,β-unsaturated/α-hetero) is 2. The number of hydrogen-bond donors (Lipinski definition) is 7. The number of phenolic OH excluding ortho intramolecular Hbond substituents is 1. The molecule has 1 saturated carbocycles. The van der Waals surface area contributed by atoms with E-state index in [1.807, 2.05) is 0 Å². The molecule has 0 aromatic heterocycles. The number of likely N-dealkylation sites (N-methyl/N-ethyl adjacent to an activating group) is 2. The zero-order valence-electron chi connectivity index (χ0n) is 20.6. The molecule has 1 aromatic carbocycles. The van der Waals surface area contributed by atoms with Crippen LogP contribution in [0.15, 0.2) is 23.0 Å². The minimum atomic E-state index is -3.28. The number of aliphatic hydroxyl groups is 5. The lowest BCUT2D eigenvalue weighted by molar-refractivity contribution is -0.210. The molecule has 200 valence electrons. The number of hydrogen-bond acceptors (Lipinski definition) is 11. The van der Waals surface area contributed by atoms with E-state index in [-0.39, 0.29) is 16.3 Å². The summed E-state index contributed by atoms with van der Waals surface area (Å²) in [4.78, 5) is 41.0. The van der Waals surface area contributed by atoms with Gasteiger partial charge in [-0.25, -0.2) is 0 Å². The minimum absolute atomic E-state index is 0.0541. The molecule has 37 heavy (non-hydrogen) atoms. The number of fused-ring (bicyclic) bond motifs is 3. The lowest BCUT2D eigenvalue weighted by atomic mass is 9.52. The van der Waals surface area contributed by atoms with E-state index in [2.05, 4.69) is 5.32 Å². The molecule has 0 radical (unpaired) electrons. The molecule has 1 amide bonds. The van der Waals surface area contributed by atoms with Gasteiger partial charge in [0.1, 0.15) is 34.5 Å². The van der Waals surface area contributed by atoms with E-state index in [0.717, 1.165) is 18.0 Å². The van der Waals surface area contributed by atoms with E-state index in [1.54, 1.807) is 0 Å². The Balaban J connectivity index is 2.12. The average molecular weight is 539 g/mol. The van der Waals surface area contributed by atoms with E-state index in [0.29, 0.717) is 0 Å². The van der Waals surface area contributed by atoms with E-state index in [4.69, 9.17) is 16.3 Å². The summed E-state index contributed by atoms with van der Waals surface area (Å²) in [5, 5.41) is 70.1. The van der Waals surface area contributed by atoms with Crippen LogP contribution in [-0.4, -0.2) is 98.5 Å². The predicted octanol–water partition coefficient (Wildman–Crippen LogP) is -0.333. The Morgan fingerprint density at radius 1 is 1.19 bits per heavy atom. The summed E-state index contributed by atoms with van der Waals surface area (Å²) >= 11 is 6.43. The predicted molar refractivity (Wildman–Crippen MR) is 128 cm³/mol. The van der Waals surface area contributed by atoms with Crippen molar-refractivity contribution in [3.8, 4) is 11.5 Å². The Morgan fingerprint density at radius 2 is 1.78 bits per heavy atom. The summed E-state index contributed by atoms with van der Waals surface area (Å²) < 4.78 is 5.14. The zero-order valence-corrected chi connectivity index (χ0v) is 21.3. The highest BCUT2D eigenvalue weighted by Gasteiger charge is 2.74. The van der Waals surface area contributed by atoms with Crippen molar-refractivity contribution in [2.75, 3.05) is 28.3 Å². The summed E-state index contributed by atoms with van der Waals surface area (Å²) in [6.07, 6.45) is -0.755. The number of methoxy groups -OCH3 is 1. The zero-order chi connectivity index (χ0) is 28.0. The standard InChI is InChI=1S/C24H27ClN2O10/c1-22(34)8-7-23(35)18(27(3)4)17(30)13(21(33)26-2)20(32)24(23,36)19(31)11(8)16(29)12-9(28)6-10(37-5)15(25)14(12)22/h6,8,18,28-29,32,34-36H,7H2,1-5H3,(H,26,33). The first-order chi connectivity index (χ1) is 17.0. The average Bonchev–Trinajstić information content (AvgIpc) is 2.80. The van der Waals surface area contributed by atoms with Gasteiger partial charge in [-0.05, 0) is 27.4 Å². The summed E-state index contributed by atoms with van der Waals surface area (Å²) in [5.74, 6) is -8.10. The molecule has 1 aromatic rings. The Kier molecular flexibility index (Phi) is 5.94.